The Balaban J connectivity index is 2.09. The number of hydrogen-bond acceptors (Lipinski definition) is 5. The van der Waals surface area contributed by atoms with Gasteiger partial charge >= 0.3 is 0 Å². The van der Waals surface area contributed by atoms with E-state index in [0.29, 0.717) is 11.3 Å². The largest absolute Gasteiger partial charge is 0.387 e. The molecule has 0 saturated heterocycles. The van der Waals surface area contributed by atoms with Gasteiger partial charge in [0.2, 0.25) is 10.0 Å². The molecule has 0 aliphatic rings. The van der Waals surface area contributed by atoms with Crippen LogP contribution in [0.15, 0.2) is 41.1 Å². The highest BCUT2D eigenvalue weighted by molar-refractivity contribution is 7.88. The highest BCUT2D eigenvalue weighted by atomic mass is 32.2. The number of aliphatic hydroxyl groups is 1. The van der Waals surface area contributed by atoms with E-state index in [0.717, 1.165) is 5.56 Å². The number of aromatic nitrogens is 1. The van der Waals surface area contributed by atoms with Gasteiger partial charge in [-0.25, -0.2) is 8.42 Å². The van der Waals surface area contributed by atoms with Gasteiger partial charge < -0.3 is 9.63 Å². The molecule has 120 valence electrons. The summed E-state index contributed by atoms with van der Waals surface area (Å²) in [5.41, 5.74) is 2.13. The highest BCUT2D eigenvalue weighted by Gasteiger charge is 2.25. The van der Waals surface area contributed by atoms with Crippen LogP contribution in [0.5, 0.6) is 0 Å². The highest BCUT2D eigenvalue weighted by Crippen LogP contribution is 2.18. The van der Waals surface area contributed by atoms with Crippen molar-refractivity contribution in [1.82, 2.24) is 9.46 Å². The van der Waals surface area contributed by atoms with Crippen molar-refractivity contribution in [2.24, 2.45) is 0 Å². The molecule has 2 aromatic rings. The molecule has 6 nitrogen and oxygen atoms in total. The number of aliphatic hydroxyl groups excluding tert-OH is 1. The SMILES string of the molecule is CCN(CC(O)c1ccc(C)cc1)S(=O)(=O)Cc1ccon1. The number of nitrogens with zero attached hydrogens (tertiary/aromatic N) is 2. The second-order valence-corrected chi connectivity index (χ2v) is 7.09. The van der Waals surface area contributed by atoms with Crippen LogP contribution < -0.4 is 0 Å². The zero-order valence-corrected chi connectivity index (χ0v) is 13.5. The van der Waals surface area contributed by atoms with E-state index >= 15 is 0 Å². The molecule has 1 atom stereocenters. The molecule has 0 amide bonds. The normalized spacial score (nSPS) is 13.5. The summed E-state index contributed by atoms with van der Waals surface area (Å²) >= 11 is 0. The van der Waals surface area contributed by atoms with Crippen molar-refractivity contribution in [3.8, 4) is 0 Å². The van der Waals surface area contributed by atoms with Crippen LogP contribution in [0.2, 0.25) is 0 Å². The van der Waals surface area contributed by atoms with E-state index in [1.54, 1.807) is 19.1 Å². The van der Waals surface area contributed by atoms with Gasteiger partial charge in [-0.05, 0) is 12.5 Å². The van der Waals surface area contributed by atoms with Crippen LogP contribution >= 0.6 is 0 Å². The zero-order valence-electron chi connectivity index (χ0n) is 12.6. The second-order valence-electron chi connectivity index (χ2n) is 5.12. The summed E-state index contributed by atoms with van der Waals surface area (Å²) in [4.78, 5) is 0. The fourth-order valence-electron chi connectivity index (χ4n) is 2.12. The lowest BCUT2D eigenvalue weighted by Gasteiger charge is -2.23. The van der Waals surface area contributed by atoms with E-state index in [1.807, 2.05) is 19.1 Å². The molecule has 0 aliphatic heterocycles. The lowest BCUT2D eigenvalue weighted by Crippen LogP contribution is -2.35. The molecule has 0 spiro atoms. The monoisotopic (exact) mass is 324 g/mol. The average molecular weight is 324 g/mol. The molecule has 0 fully saturated rings. The smallest absolute Gasteiger partial charge is 0.220 e. The predicted octanol–water partition coefficient (Wildman–Crippen LogP) is 1.87. The van der Waals surface area contributed by atoms with Crippen molar-refractivity contribution >= 4 is 10.0 Å². The maximum Gasteiger partial charge on any atom is 0.220 e. The third kappa shape index (κ3) is 4.16. The van der Waals surface area contributed by atoms with E-state index in [2.05, 4.69) is 9.68 Å². The third-order valence-electron chi connectivity index (χ3n) is 3.41. The van der Waals surface area contributed by atoms with Crippen LogP contribution in [0.3, 0.4) is 0 Å². The Bertz CT molecular complexity index is 681. The summed E-state index contributed by atoms with van der Waals surface area (Å²) < 4.78 is 30.7. The number of aryl methyl sites for hydroxylation is 1. The Morgan fingerprint density at radius 3 is 2.50 bits per heavy atom. The van der Waals surface area contributed by atoms with Crippen LogP contribution in [0.4, 0.5) is 0 Å². The van der Waals surface area contributed by atoms with Gasteiger partial charge in [0.05, 0.1) is 11.8 Å². The van der Waals surface area contributed by atoms with Crippen molar-refractivity contribution in [1.29, 1.82) is 0 Å². The minimum Gasteiger partial charge on any atom is -0.387 e. The molecule has 7 heteroatoms. The standard InChI is InChI=1S/C15H20N2O4S/c1-3-17(22(19,20)11-14-8-9-21-16-14)10-15(18)13-6-4-12(2)5-7-13/h4-9,15,18H,3,10-11H2,1-2H3. The minimum absolute atomic E-state index is 0.0136. The molecule has 1 N–H and O–H groups in total. The summed E-state index contributed by atoms with van der Waals surface area (Å²) in [5, 5.41) is 13.9. The summed E-state index contributed by atoms with van der Waals surface area (Å²) in [7, 11) is -3.56. The Morgan fingerprint density at radius 2 is 1.95 bits per heavy atom. The third-order valence-corrected chi connectivity index (χ3v) is 5.26. The maximum atomic E-state index is 12.4. The summed E-state index contributed by atoms with van der Waals surface area (Å²) in [6, 6.07) is 8.90. The van der Waals surface area contributed by atoms with Crippen LogP contribution in [0, 0.1) is 6.92 Å². The van der Waals surface area contributed by atoms with Gasteiger partial charge in [-0.2, -0.15) is 4.31 Å². The molecule has 22 heavy (non-hydrogen) atoms. The van der Waals surface area contributed by atoms with Crippen LogP contribution in [0.1, 0.15) is 29.8 Å². The number of likely N-dealkylation sites (N-methyl/N-ethyl adjacent to an activating group) is 1. The zero-order chi connectivity index (χ0) is 16.2. The summed E-state index contributed by atoms with van der Waals surface area (Å²) in [6.07, 6.45) is 0.468. The lowest BCUT2D eigenvalue weighted by molar-refractivity contribution is 0.149. The van der Waals surface area contributed by atoms with E-state index in [4.69, 9.17) is 0 Å². The van der Waals surface area contributed by atoms with Gasteiger partial charge in [-0.3, -0.25) is 0 Å². The van der Waals surface area contributed by atoms with Gasteiger partial charge in [0.25, 0.3) is 0 Å². The van der Waals surface area contributed by atoms with E-state index < -0.39 is 16.1 Å². The molecular formula is C15H20N2O4S. The number of rotatable bonds is 7. The number of hydrogen-bond donors (Lipinski definition) is 1. The molecule has 1 heterocycles. The Hall–Kier alpha value is -1.70. The fraction of sp³-hybridized carbons (Fsp3) is 0.400. The summed E-state index contributed by atoms with van der Waals surface area (Å²) in [6.45, 7) is 3.99. The minimum atomic E-state index is -3.56. The topological polar surface area (TPSA) is 83.6 Å². The average Bonchev–Trinajstić information content (AvgIpc) is 2.97. The van der Waals surface area contributed by atoms with Crippen molar-refractivity contribution in [3.05, 3.63) is 53.4 Å². The molecular weight excluding hydrogens is 304 g/mol. The number of benzene rings is 1. The van der Waals surface area contributed by atoms with Crippen LogP contribution in [0.25, 0.3) is 0 Å². The molecule has 0 bridgehead atoms. The van der Waals surface area contributed by atoms with E-state index in [9.17, 15) is 13.5 Å². The Labute approximate surface area is 130 Å². The summed E-state index contributed by atoms with van der Waals surface area (Å²) in [5.74, 6) is -0.238. The predicted molar refractivity (Wildman–Crippen MR) is 82.5 cm³/mol. The van der Waals surface area contributed by atoms with Crippen molar-refractivity contribution < 1.29 is 18.0 Å². The lowest BCUT2D eigenvalue weighted by atomic mass is 10.1. The fourth-order valence-corrected chi connectivity index (χ4v) is 3.58. The molecule has 0 radical (unpaired) electrons. The van der Waals surface area contributed by atoms with Crippen LogP contribution in [-0.2, 0) is 15.8 Å². The molecule has 1 aromatic carbocycles. The van der Waals surface area contributed by atoms with Gasteiger partial charge in [-0.15, -0.1) is 0 Å². The number of sulfonamides is 1. The van der Waals surface area contributed by atoms with Gasteiger partial charge in [0.1, 0.15) is 12.0 Å². The van der Waals surface area contributed by atoms with Gasteiger partial charge in [0.15, 0.2) is 0 Å². The molecule has 1 unspecified atom stereocenters. The Kier molecular flexibility index (Phi) is 5.33. The Morgan fingerprint density at radius 1 is 1.27 bits per heavy atom. The van der Waals surface area contributed by atoms with Crippen molar-refractivity contribution in [3.63, 3.8) is 0 Å². The van der Waals surface area contributed by atoms with Gasteiger partial charge in [-0.1, -0.05) is 41.9 Å². The van der Waals surface area contributed by atoms with Crippen molar-refractivity contribution in [2.75, 3.05) is 13.1 Å². The van der Waals surface area contributed by atoms with Gasteiger partial charge in [0, 0.05) is 19.2 Å². The first kappa shape index (κ1) is 16.7. The first-order chi connectivity index (χ1) is 10.4. The van der Waals surface area contributed by atoms with E-state index in [-0.39, 0.29) is 18.8 Å². The van der Waals surface area contributed by atoms with Crippen LogP contribution in [-0.4, -0.2) is 36.1 Å². The molecule has 2 rings (SSSR count). The maximum absolute atomic E-state index is 12.4. The second kappa shape index (κ2) is 7.04. The quantitative estimate of drug-likeness (QED) is 0.840. The first-order valence-electron chi connectivity index (χ1n) is 7.04. The molecule has 0 saturated carbocycles. The van der Waals surface area contributed by atoms with E-state index in [1.165, 1.54) is 16.6 Å². The molecule has 0 aliphatic carbocycles. The first-order valence-corrected chi connectivity index (χ1v) is 8.65. The van der Waals surface area contributed by atoms with Crippen molar-refractivity contribution in [2.45, 2.75) is 25.7 Å². The molecule has 1 aromatic heterocycles.